The molecule has 0 heterocycles. The first-order chi connectivity index (χ1) is 8.70. The van der Waals surface area contributed by atoms with E-state index in [1.54, 1.807) is 0 Å². The maximum absolute atomic E-state index is 11.3. The molecular weight excluding hydrogens is 228 g/mol. The highest BCUT2D eigenvalue weighted by Crippen LogP contribution is 2.01. The SMILES string of the molecule is CCCCC(O)NCCCCCC(=O)NCCC. The van der Waals surface area contributed by atoms with Crippen LogP contribution in [-0.4, -0.2) is 30.3 Å². The summed E-state index contributed by atoms with van der Waals surface area (Å²) in [5.41, 5.74) is 0. The van der Waals surface area contributed by atoms with Crippen LogP contribution in [0.4, 0.5) is 0 Å². The van der Waals surface area contributed by atoms with E-state index in [2.05, 4.69) is 24.5 Å². The molecule has 0 saturated heterocycles. The molecule has 1 unspecified atom stereocenters. The van der Waals surface area contributed by atoms with E-state index in [-0.39, 0.29) is 12.1 Å². The lowest BCUT2D eigenvalue weighted by Gasteiger charge is -2.11. The van der Waals surface area contributed by atoms with Gasteiger partial charge in [0.05, 0.1) is 0 Å². The number of hydrogen-bond donors (Lipinski definition) is 3. The monoisotopic (exact) mass is 258 g/mol. The Hall–Kier alpha value is -0.610. The van der Waals surface area contributed by atoms with E-state index in [9.17, 15) is 9.90 Å². The van der Waals surface area contributed by atoms with Gasteiger partial charge in [0.15, 0.2) is 0 Å². The first kappa shape index (κ1) is 17.4. The van der Waals surface area contributed by atoms with Gasteiger partial charge in [0.1, 0.15) is 6.23 Å². The van der Waals surface area contributed by atoms with Crippen LogP contribution in [0.1, 0.15) is 65.2 Å². The highest BCUT2D eigenvalue weighted by molar-refractivity contribution is 5.75. The molecule has 0 aromatic carbocycles. The fraction of sp³-hybridized carbons (Fsp3) is 0.929. The van der Waals surface area contributed by atoms with Crippen molar-refractivity contribution in [1.29, 1.82) is 0 Å². The first-order valence-electron chi connectivity index (χ1n) is 7.38. The minimum Gasteiger partial charge on any atom is -0.379 e. The zero-order valence-corrected chi connectivity index (χ0v) is 12.0. The van der Waals surface area contributed by atoms with Crippen molar-refractivity contribution in [2.24, 2.45) is 0 Å². The second-order valence-electron chi connectivity index (χ2n) is 4.77. The lowest BCUT2D eigenvalue weighted by atomic mass is 10.2. The van der Waals surface area contributed by atoms with Crippen LogP contribution in [0.3, 0.4) is 0 Å². The van der Waals surface area contributed by atoms with Crippen LogP contribution in [-0.2, 0) is 4.79 Å². The number of aliphatic hydroxyl groups excluding tert-OH is 1. The van der Waals surface area contributed by atoms with Crippen molar-refractivity contribution >= 4 is 5.91 Å². The third-order valence-corrected chi connectivity index (χ3v) is 2.86. The van der Waals surface area contributed by atoms with Crippen molar-refractivity contribution in [2.75, 3.05) is 13.1 Å². The number of carbonyl (C=O) groups excluding carboxylic acids is 1. The van der Waals surface area contributed by atoms with E-state index in [0.717, 1.165) is 58.0 Å². The Morgan fingerprint density at radius 2 is 1.83 bits per heavy atom. The van der Waals surface area contributed by atoms with E-state index >= 15 is 0 Å². The van der Waals surface area contributed by atoms with E-state index in [1.807, 2.05) is 0 Å². The summed E-state index contributed by atoms with van der Waals surface area (Å²) in [6, 6.07) is 0. The number of rotatable bonds is 12. The number of nitrogens with one attached hydrogen (secondary N) is 2. The minimum atomic E-state index is -0.363. The van der Waals surface area contributed by atoms with Crippen molar-refractivity contribution < 1.29 is 9.90 Å². The van der Waals surface area contributed by atoms with Gasteiger partial charge in [0.2, 0.25) is 5.91 Å². The van der Waals surface area contributed by atoms with Gasteiger partial charge in [-0.3, -0.25) is 10.1 Å². The highest BCUT2D eigenvalue weighted by atomic mass is 16.3. The molecule has 18 heavy (non-hydrogen) atoms. The Morgan fingerprint density at radius 1 is 1.06 bits per heavy atom. The van der Waals surface area contributed by atoms with Crippen molar-refractivity contribution in [3.05, 3.63) is 0 Å². The van der Waals surface area contributed by atoms with Crippen LogP contribution in [0, 0.1) is 0 Å². The standard InChI is InChI=1S/C14H30N2O2/c1-3-5-9-13(17)16-12-8-6-7-10-14(18)15-11-4-2/h13,16-17H,3-12H2,1-2H3,(H,15,18). The Morgan fingerprint density at radius 3 is 2.50 bits per heavy atom. The third-order valence-electron chi connectivity index (χ3n) is 2.86. The van der Waals surface area contributed by atoms with Crippen LogP contribution < -0.4 is 10.6 Å². The topological polar surface area (TPSA) is 61.4 Å². The Bertz CT molecular complexity index is 198. The molecule has 0 aliphatic heterocycles. The third kappa shape index (κ3) is 11.9. The molecule has 3 N–H and O–H groups in total. The van der Waals surface area contributed by atoms with Gasteiger partial charge < -0.3 is 10.4 Å². The molecule has 0 aromatic rings. The first-order valence-corrected chi connectivity index (χ1v) is 7.38. The molecule has 108 valence electrons. The zero-order chi connectivity index (χ0) is 13.6. The predicted molar refractivity (Wildman–Crippen MR) is 75.3 cm³/mol. The molecule has 0 aliphatic rings. The maximum Gasteiger partial charge on any atom is 0.219 e. The summed E-state index contributed by atoms with van der Waals surface area (Å²) in [6.07, 6.45) is 7.24. The van der Waals surface area contributed by atoms with Gasteiger partial charge in [-0.05, 0) is 38.6 Å². The summed E-state index contributed by atoms with van der Waals surface area (Å²) in [7, 11) is 0. The van der Waals surface area contributed by atoms with Crippen LogP contribution >= 0.6 is 0 Å². The lowest BCUT2D eigenvalue weighted by molar-refractivity contribution is -0.121. The fourth-order valence-corrected chi connectivity index (χ4v) is 1.71. The molecular formula is C14H30N2O2. The summed E-state index contributed by atoms with van der Waals surface area (Å²) in [4.78, 5) is 11.3. The largest absolute Gasteiger partial charge is 0.379 e. The van der Waals surface area contributed by atoms with E-state index in [4.69, 9.17) is 0 Å². The summed E-state index contributed by atoms with van der Waals surface area (Å²) >= 11 is 0. The lowest BCUT2D eigenvalue weighted by Crippen LogP contribution is -2.29. The molecule has 1 amide bonds. The average molecular weight is 258 g/mol. The summed E-state index contributed by atoms with van der Waals surface area (Å²) in [6.45, 7) is 5.79. The predicted octanol–water partition coefficient (Wildman–Crippen LogP) is 2.17. The molecule has 4 heteroatoms. The maximum atomic E-state index is 11.3. The molecule has 0 bridgehead atoms. The average Bonchev–Trinajstić information content (AvgIpc) is 2.37. The van der Waals surface area contributed by atoms with Crippen molar-refractivity contribution in [3.8, 4) is 0 Å². The smallest absolute Gasteiger partial charge is 0.219 e. The van der Waals surface area contributed by atoms with Crippen molar-refractivity contribution in [1.82, 2.24) is 10.6 Å². The van der Waals surface area contributed by atoms with E-state index < -0.39 is 0 Å². The molecule has 0 aliphatic carbocycles. The molecule has 0 fully saturated rings. The normalized spacial score (nSPS) is 12.4. The van der Waals surface area contributed by atoms with Crippen LogP contribution in [0.15, 0.2) is 0 Å². The summed E-state index contributed by atoms with van der Waals surface area (Å²) < 4.78 is 0. The second kappa shape index (κ2) is 12.8. The molecule has 0 aromatic heterocycles. The van der Waals surface area contributed by atoms with Gasteiger partial charge in [-0.1, -0.05) is 26.7 Å². The number of unbranched alkanes of at least 4 members (excludes halogenated alkanes) is 3. The summed E-state index contributed by atoms with van der Waals surface area (Å²) in [5.74, 6) is 0.160. The molecule has 4 nitrogen and oxygen atoms in total. The van der Waals surface area contributed by atoms with Gasteiger partial charge in [0.25, 0.3) is 0 Å². The Labute approximate surface area is 112 Å². The highest BCUT2D eigenvalue weighted by Gasteiger charge is 2.02. The Kier molecular flexibility index (Phi) is 12.4. The van der Waals surface area contributed by atoms with Gasteiger partial charge in [-0.25, -0.2) is 0 Å². The number of hydrogen-bond acceptors (Lipinski definition) is 3. The molecule has 0 spiro atoms. The minimum absolute atomic E-state index is 0.160. The van der Waals surface area contributed by atoms with E-state index in [1.165, 1.54) is 0 Å². The Balaban J connectivity index is 3.22. The van der Waals surface area contributed by atoms with Crippen molar-refractivity contribution in [3.63, 3.8) is 0 Å². The van der Waals surface area contributed by atoms with Crippen LogP contribution in [0.5, 0.6) is 0 Å². The fourth-order valence-electron chi connectivity index (χ4n) is 1.71. The number of aliphatic hydroxyl groups is 1. The van der Waals surface area contributed by atoms with Gasteiger partial charge in [-0.15, -0.1) is 0 Å². The van der Waals surface area contributed by atoms with E-state index in [0.29, 0.717) is 6.42 Å². The second-order valence-corrected chi connectivity index (χ2v) is 4.77. The van der Waals surface area contributed by atoms with Crippen LogP contribution in [0.25, 0.3) is 0 Å². The summed E-state index contributed by atoms with van der Waals surface area (Å²) in [5, 5.41) is 15.5. The van der Waals surface area contributed by atoms with Gasteiger partial charge >= 0.3 is 0 Å². The quantitative estimate of drug-likeness (QED) is 0.371. The van der Waals surface area contributed by atoms with Crippen LogP contribution in [0.2, 0.25) is 0 Å². The van der Waals surface area contributed by atoms with Gasteiger partial charge in [-0.2, -0.15) is 0 Å². The zero-order valence-electron chi connectivity index (χ0n) is 12.0. The molecule has 1 atom stereocenters. The van der Waals surface area contributed by atoms with Crippen molar-refractivity contribution in [2.45, 2.75) is 71.4 Å². The molecule has 0 rings (SSSR count). The molecule has 0 saturated carbocycles. The van der Waals surface area contributed by atoms with Gasteiger partial charge in [0, 0.05) is 13.0 Å². The molecule has 0 radical (unpaired) electrons. The number of carbonyl (C=O) groups is 1. The number of amides is 1.